The molecule has 2 unspecified atom stereocenters. The number of halogens is 2. The van der Waals surface area contributed by atoms with E-state index >= 15 is 0 Å². The van der Waals surface area contributed by atoms with E-state index in [2.05, 4.69) is 8.37 Å². The van der Waals surface area contributed by atoms with Crippen molar-refractivity contribution in [2.45, 2.75) is 26.2 Å². The second-order valence-corrected chi connectivity index (χ2v) is 3.21. The summed E-state index contributed by atoms with van der Waals surface area (Å²) in [6.45, 7) is 1.89. The van der Waals surface area contributed by atoms with E-state index < -0.39 is 23.7 Å². The van der Waals surface area contributed by atoms with Crippen molar-refractivity contribution in [2.24, 2.45) is 0 Å². The molecule has 0 bridgehead atoms. The molecule has 0 aromatic heterocycles. The predicted octanol–water partition coefficient (Wildman–Crippen LogP) is 1.31. The number of hydrogen-bond donors (Lipinski definition) is 0. The SMILES string of the molecule is CC(F)COS(=O)OCC(C)F. The molecule has 0 fully saturated rings. The molecule has 0 radical (unpaired) electrons. The maximum atomic E-state index is 12.1. The van der Waals surface area contributed by atoms with Gasteiger partial charge in [-0.2, -0.15) is 4.21 Å². The molecule has 0 N–H and O–H groups in total. The van der Waals surface area contributed by atoms with Crippen LogP contribution in [0.1, 0.15) is 13.8 Å². The van der Waals surface area contributed by atoms with E-state index in [0.29, 0.717) is 0 Å². The smallest absolute Gasteiger partial charge is 0.265 e. The quantitative estimate of drug-likeness (QED) is 0.651. The molecule has 12 heavy (non-hydrogen) atoms. The molecule has 0 spiro atoms. The van der Waals surface area contributed by atoms with E-state index in [1.54, 1.807) is 0 Å². The summed E-state index contributed by atoms with van der Waals surface area (Å²) in [6, 6.07) is 0. The van der Waals surface area contributed by atoms with Gasteiger partial charge >= 0.3 is 11.4 Å². The Bertz CT molecular complexity index is 127. The summed E-state index contributed by atoms with van der Waals surface area (Å²) >= 11 is -2.04. The van der Waals surface area contributed by atoms with Crippen LogP contribution in [-0.2, 0) is 19.7 Å². The first-order chi connectivity index (χ1) is 5.52. The third kappa shape index (κ3) is 8.03. The lowest BCUT2D eigenvalue weighted by atomic mass is 10.5. The predicted molar refractivity (Wildman–Crippen MR) is 41.2 cm³/mol. The second-order valence-electron chi connectivity index (χ2n) is 2.33. The Kier molecular flexibility index (Phi) is 6.41. The fraction of sp³-hybridized carbons (Fsp3) is 1.00. The topological polar surface area (TPSA) is 35.5 Å². The zero-order chi connectivity index (χ0) is 9.56. The highest BCUT2D eigenvalue weighted by molar-refractivity contribution is 7.75. The number of alkyl halides is 2. The lowest BCUT2D eigenvalue weighted by Gasteiger charge is -2.04. The second kappa shape index (κ2) is 6.45. The molecule has 0 rings (SSSR count). The van der Waals surface area contributed by atoms with E-state index in [9.17, 15) is 13.0 Å². The molecule has 0 aliphatic heterocycles. The first-order valence-corrected chi connectivity index (χ1v) is 4.48. The van der Waals surface area contributed by atoms with Crippen LogP contribution in [0.15, 0.2) is 0 Å². The normalized spacial score (nSPS) is 18.7. The van der Waals surface area contributed by atoms with E-state index in [4.69, 9.17) is 0 Å². The molecule has 0 saturated heterocycles. The Morgan fingerprint density at radius 3 is 1.75 bits per heavy atom. The van der Waals surface area contributed by atoms with Crippen LogP contribution >= 0.6 is 0 Å². The van der Waals surface area contributed by atoms with Gasteiger partial charge in [-0.15, -0.1) is 0 Å². The minimum atomic E-state index is -2.04. The molecule has 74 valence electrons. The minimum absolute atomic E-state index is 0.312. The van der Waals surface area contributed by atoms with Gasteiger partial charge in [-0.3, -0.25) is 8.37 Å². The van der Waals surface area contributed by atoms with Gasteiger partial charge in [0.05, 0.1) is 13.2 Å². The van der Waals surface area contributed by atoms with Crippen LogP contribution < -0.4 is 0 Å². The third-order valence-corrected chi connectivity index (χ3v) is 1.44. The largest absolute Gasteiger partial charge is 0.304 e. The van der Waals surface area contributed by atoms with E-state index in [1.807, 2.05) is 0 Å². The van der Waals surface area contributed by atoms with Crippen LogP contribution in [0.5, 0.6) is 0 Å². The molecule has 0 aromatic rings. The van der Waals surface area contributed by atoms with Gasteiger partial charge in [-0.1, -0.05) is 0 Å². The van der Waals surface area contributed by atoms with Gasteiger partial charge < -0.3 is 0 Å². The third-order valence-electron chi connectivity index (χ3n) is 0.788. The molecule has 0 heterocycles. The fourth-order valence-electron chi connectivity index (χ4n) is 0.333. The monoisotopic (exact) mass is 202 g/mol. The zero-order valence-electron chi connectivity index (χ0n) is 6.96. The molecular formula is C6H12F2O3S. The summed E-state index contributed by atoms with van der Waals surface area (Å²) < 4.78 is 43.5. The molecule has 0 amide bonds. The van der Waals surface area contributed by atoms with E-state index in [0.717, 1.165) is 0 Å². The van der Waals surface area contributed by atoms with Crippen molar-refractivity contribution in [3.63, 3.8) is 0 Å². The fourth-order valence-corrected chi connectivity index (χ4v) is 0.998. The molecule has 6 heteroatoms. The highest BCUT2D eigenvalue weighted by Gasteiger charge is 2.07. The number of hydrogen-bond acceptors (Lipinski definition) is 3. The Hall–Kier alpha value is -0.0700. The standard InChI is InChI=1S/C6H12F2O3S/c1-5(7)3-10-12(9)11-4-6(2)8/h5-6H,3-4H2,1-2H3. The van der Waals surface area contributed by atoms with Crippen molar-refractivity contribution in [3.8, 4) is 0 Å². The van der Waals surface area contributed by atoms with Gasteiger partial charge in [0.1, 0.15) is 12.3 Å². The Balaban J connectivity index is 3.34. The van der Waals surface area contributed by atoms with Crippen molar-refractivity contribution in [3.05, 3.63) is 0 Å². The van der Waals surface area contributed by atoms with Gasteiger partial charge in [-0.05, 0) is 13.8 Å². The van der Waals surface area contributed by atoms with Crippen LogP contribution in [-0.4, -0.2) is 29.8 Å². The summed E-state index contributed by atoms with van der Waals surface area (Å²) in [5.74, 6) is 0. The van der Waals surface area contributed by atoms with Gasteiger partial charge in [0, 0.05) is 0 Å². The maximum absolute atomic E-state index is 12.1. The molecule has 3 nitrogen and oxygen atoms in total. The van der Waals surface area contributed by atoms with Crippen LogP contribution in [0.2, 0.25) is 0 Å². The molecular weight excluding hydrogens is 190 g/mol. The van der Waals surface area contributed by atoms with Gasteiger partial charge in [-0.25, -0.2) is 8.78 Å². The minimum Gasteiger partial charge on any atom is -0.265 e. The first-order valence-electron chi connectivity index (χ1n) is 3.48. The molecule has 0 aliphatic rings. The van der Waals surface area contributed by atoms with Crippen molar-refractivity contribution >= 4 is 11.4 Å². The average molecular weight is 202 g/mol. The molecule has 0 aliphatic carbocycles. The van der Waals surface area contributed by atoms with Gasteiger partial charge in [0.25, 0.3) is 0 Å². The maximum Gasteiger partial charge on any atom is 0.304 e. The Morgan fingerprint density at radius 2 is 1.50 bits per heavy atom. The zero-order valence-corrected chi connectivity index (χ0v) is 7.77. The van der Waals surface area contributed by atoms with Crippen molar-refractivity contribution in [1.82, 2.24) is 0 Å². The summed E-state index contributed by atoms with van der Waals surface area (Å²) in [5.41, 5.74) is 0. The van der Waals surface area contributed by atoms with Gasteiger partial charge in [0.2, 0.25) is 0 Å². The van der Waals surface area contributed by atoms with Crippen molar-refractivity contribution < 1.29 is 21.4 Å². The van der Waals surface area contributed by atoms with Crippen LogP contribution in [0.3, 0.4) is 0 Å². The van der Waals surface area contributed by atoms with Gasteiger partial charge in [0.15, 0.2) is 0 Å². The first kappa shape index (κ1) is 11.9. The van der Waals surface area contributed by atoms with E-state index in [1.165, 1.54) is 13.8 Å². The highest BCUT2D eigenvalue weighted by Crippen LogP contribution is 1.97. The molecule has 2 atom stereocenters. The summed E-state index contributed by atoms with van der Waals surface area (Å²) in [5, 5.41) is 0. The lowest BCUT2D eigenvalue weighted by molar-refractivity contribution is 0.168. The summed E-state index contributed by atoms with van der Waals surface area (Å²) in [6.07, 6.45) is -2.42. The van der Waals surface area contributed by atoms with E-state index in [-0.39, 0.29) is 13.2 Å². The highest BCUT2D eigenvalue weighted by atomic mass is 32.2. The lowest BCUT2D eigenvalue weighted by Crippen LogP contribution is -2.13. The van der Waals surface area contributed by atoms with Crippen LogP contribution in [0.25, 0.3) is 0 Å². The number of rotatable bonds is 6. The summed E-state index contributed by atoms with van der Waals surface area (Å²) in [7, 11) is 0. The summed E-state index contributed by atoms with van der Waals surface area (Å²) in [4.78, 5) is 0. The Morgan fingerprint density at radius 1 is 1.17 bits per heavy atom. The van der Waals surface area contributed by atoms with Crippen LogP contribution in [0.4, 0.5) is 8.78 Å². The average Bonchev–Trinajstić information content (AvgIpc) is 1.96. The molecule has 0 saturated carbocycles. The van der Waals surface area contributed by atoms with Crippen molar-refractivity contribution in [2.75, 3.05) is 13.2 Å². The van der Waals surface area contributed by atoms with Crippen molar-refractivity contribution in [1.29, 1.82) is 0 Å². The Labute approximate surface area is 72.9 Å². The molecule has 0 aromatic carbocycles. The van der Waals surface area contributed by atoms with Crippen LogP contribution in [0, 0.1) is 0 Å².